The summed E-state index contributed by atoms with van der Waals surface area (Å²) >= 11 is 2.43. The van der Waals surface area contributed by atoms with Gasteiger partial charge in [0.25, 0.3) is 0 Å². The minimum Gasteiger partial charge on any atom is -0.481 e. The molecule has 132 valence electrons. The predicted octanol–water partition coefficient (Wildman–Crippen LogP) is 3.52. The molecule has 2 aliphatic heterocycles. The van der Waals surface area contributed by atoms with Gasteiger partial charge in [0, 0.05) is 23.4 Å². The second kappa shape index (κ2) is 8.45. The van der Waals surface area contributed by atoms with Gasteiger partial charge in [-0.05, 0) is 50.9 Å². The van der Waals surface area contributed by atoms with Crippen molar-refractivity contribution in [3.63, 3.8) is 0 Å². The van der Waals surface area contributed by atoms with Crippen LogP contribution in [0, 0.1) is 5.92 Å². The molecule has 1 aliphatic carbocycles. The summed E-state index contributed by atoms with van der Waals surface area (Å²) in [7, 11) is 0. The van der Waals surface area contributed by atoms with E-state index in [1.807, 2.05) is 0 Å². The lowest BCUT2D eigenvalue weighted by molar-refractivity contribution is -0.189. The van der Waals surface area contributed by atoms with Crippen LogP contribution in [0.3, 0.4) is 0 Å². The fourth-order valence-corrected chi connectivity index (χ4v) is 4.95. The van der Waals surface area contributed by atoms with Crippen LogP contribution < -0.4 is 0 Å². The summed E-state index contributed by atoms with van der Waals surface area (Å²) in [5, 5.41) is 8.73. The summed E-state index contributed by atoms with van der Waals surface area (Å²) in [5.74, 6) is -0.104. The normalized spacial score (nSPS) is 38.4. The van der Waals surface area contributed by atoms with Crippen LogP contribution >= 0.6 is 22.6 Å². The van der Waals surface area contributed by atoms with E-state index in [1.165, 1.54) is 6.42 Å². The predicted molar refractivity (Wildman–Crippen MR) is 93.8 cm³/mol. The van der Waals surface area contributed by atoms with E-state index in [2.05, 4.69) is 22.6 Å². The first-order valence-electron chi connectivity index (χ1n) is 8.90. The Bertz CT molecular complexity index is 384. The molecule has 3 fully saturated rings. The number of carbonyl (C=O) groups is 1. The fraction of sp³-hybridized carbons (Fsp3) is 0.941. The van der Waals surface area contributed by atoms with Crippen molar-refractivity contribution in [2.75, 3.05) is 6.61 Å². The van der Waals surface area contributed by atoms with Gasteiger partial charge >= 0.3 is 5.97 Å². The van der Waals surface area contributed by atoms with Crippen LogP contribution in [-0.4, -0.2) is 46.2 Å². The SMILES string of the molecule is O=C(O)CCCC(I)C1CC2CC(OC3CCCCO3)CC2O1. The average Bonchev–Trinajstić information content (AvgIpc) is 3.06. The summed E-state index contributed by atoms with van der Waals surface area (Å²) in [5.41, 5.74) is 0. The average molecular weight is 438 g/mol. The summed E-state index contributed by atoms with van der Waals surface area (Å²) in [6.07, 6.45) is 9.35. The van der Waals surface area contributed by atoms with Gasteiger partial charge in [-0.3, -0.25) is 4.79 Å². The second-order valence-corrected chi connectivity index (χ2v) is 8.64. The van der Waals surface area contributed by atoms with Gasteiger partial charge in [0.05, 0.1) is 18.3 Å². The Morgan fingerprint density at radius 3 is 2.87 bits per heavy atom. The third-order valence-electron chi connectivity index (χ3n) is 5.23. The number of ether oxygens (including phenoxy) is 3. The van der Waals surface area contributed by atoms with E-state index in [-0.39, 0.29) is 24.9 Å². The number of hydrogen-bond donors (Lipinski definition) is 1. The molecule has 3 aliphatic rings. The molecule has 0 amide bonds. The van der Waals surface area contributed by atoms with Gasteiger partial charge in [0.1, 0.15) is 0 Å². The van der Waals surface area contributed by atoms with Gasteiger partial charge in [0.2, 0.25) is 0 Å². The number of aliphatic carboxylic acids is 1. The maximum absolute atomic E-state index is 10.6. The first kappa shape index (κ1) is 17.9. The lowest BCUT2D eigenvalue weighted by atomic mass is 9.99. The number of hydrogen-bond acceptors (Lipinski definition) is 4. The fourth-order valence-electron chi connectivity index (χ4n) is 4.04. The molecule has 1 saturated carbocycles. The molecule has 0 aromatic rings. The molecule has 0 aromatic carbocycles. The molecule has 6 heteroatoms. The highest BCUT2D eigenvalue weighted by atomic mass is 127. The summed E-state index contributed by atoms with van der Waals surface area (Å²) in [4.78, 5) is 10.6. The van der Waals surface area contributed by atoms with Gasteiger partial charge in [-0.15, -0.1) is 0 Å². The molecule has 6 unspecified atom stereocenters. The molecule has 0 spiro atoms. The highest BCUT2D eigenvalue weighted by Gasteiger charge is 2.45. The standard InChI is InChI=1S/C17H27IO5/c18-13(4-3-5-16(19)20)15-9-11-8-12(10-14(11)23-15)22-17-6-1-2-7-21-17/h11-15,17H,1-10H2,(H,19,20). The quantitative estimate of drug-likeness (QED) is 0.487. The minimum absolute atomic E-state index is 0.00304. The van der Waals surface area contributed by atoms with Crippen molar-refractivity contribution in [1.82, 2.24) is 0 Å². The van der Waals surface area contributed by atoms with E-state index >= 15 is 0 Å². The minimum atomic E-state index is -0.706. The molecule has 0 bridgehead atoms. The van der Waals surface area contributed by atoms with Gasteiger partial charge in [0.15, 0.2) is 6.29 Å². The third kappa shape index (κ3) is 5.03. The van der Waals surface area contributed by atoms with Gasteiger partial charge < -0.3 is 19.3 Å². The molecule has 0 radical (unpaired) electrons. The van der Waals surface area contributed by atoms with E-state index in [0.29, 0.717) is 15.9 Å². The third-order valence-corrected chi connectivity index (χ3v) is 6.65. The molecule has 2 saturated heterocycles. The van der Waals surface area contributed by atoms with Gasteiger partial charge in [-0.25, -0.2) is 0 Å². The van der Waals surface area contributed by atoms with Crippen LogP contribution in [0.4, 0.5) is 0 Å². The molecule has 0 aromatic heterocycles. The van der Waals surface area contributed by atoms with Crippen molar-refractivity contribution < 1.29 is 24.1 Å². The molecular formula is C17H27IO5. The highest BCUT2D eigenvalue weighted by molar-refractivity contribution is 14.1. The Balaban J connectivity index is 1.37. The van der Waals surface area contributed by atoms with Crippen molar-refractivity contribution in [2.45, 2.75) is 86.3 Å². The van der Waals surface area contributed by atoms with Crippen molar-refractivity contribution in [2.24, 2.45) is 5.92 Å². The van der Waals surface area contributed by atoms with Crippen LogP contribution in [0.5, 0.6) is 0 Å². The molecule has 5 nitrogen and oxygen atoms in total. The Labute approximate surface area is 151 Å². The van der Waals surface area contributed by atoms with Crippen LogP contribution in [0.25, 0.3) is 0 Å². The van der Waals surface area contributed by atoms with Crippen LogP contribution in [0.15, 0.2) is 0 Å². The lowest BCUT2D eigenvalue weighted by Gasteiger charge is -2.26. The van der Waals surface area contributed by atoms with E-state index in [9.17, 15) is 4.79 Å². The van der Waals surface area contributed by atoms with Crippen LogP contribution in [-0.2, 0) is 19.0 Å². The maximum Gasteiger partial charge on any atom is 0.303 e. The zero-order valence-electron chi connectivity index (χ0n) is 13.5. The summed E-state index contributed by atoms with van der Waals surface area (Å²) < 4.78 is 18.4. The Morgan fingerprint density at radius 2 is 2.17 bits per heavy atom. The smallest absolute Gasteiger partial charge is 0.303 e. The van der Waals surface area contributed by atoms with E-state index in [1.54, 1.807) is 0 Å². The molecule has 1 N–H and O–H groups in total. The van der Waals surface area contributed by atoms with E-state index in [4.69, 9.17) is 19.3 Å². The first-order chi connectivity index (χ1) is 11.1. The van der Waals surface area contributed by atoms with E-state index < -0.39 is 5.97 Å². The van der Waals surface area contributed by atoms with Crippen molar-refractivity contribution in [1.29, 1.82) is 0 Å². The monoisotopic (exact) mass is 438 g/mol. The molecule has 6 atom stereocenters. The zero-order valence-corrected chi connectivity index (χ0v) is 15.7. The summed E-state index contributed by atoms with van der Waals surface area (Å²) in [6, 6.07) is 0. The number of rotatable bonds is 7. The second-order valence-electron chi connectivity index (χ2n) is 7.04. The molecule has 3 rings (SSSR count). The van der Waals surface area contributed by atoms with Crippen LogP contribution in [0.2, 0.25) is 0 Å². The molecule has 23 heavy (non-hydrogen) atoms. The topological polar surface area (TPSA) is 65.0 Å². The Hall–Kier alpha value is 0.0800. The van der Waals surface area contributed by atoms with Crippen molar-refractivity contribution in [3.05, 3.63) is 0 Å². The highest BCUT2D eigenvalue weighted by Crippen LogP contribution is 2.43. The number of carboxylic acid groups (broad SMARTS) is 1. The number of halogens is 1. The number of alkyl halides is 1. The zero-order chi connectivity index (χ0) is 16.2. The van der Waals surface area contributed by atoms with Crippen molar-refractivity contribution >= 4 is 28.6 Å². The first-order valence-corrected chi connectivity index (χ1v) is 10.1. The largest absolute Gasteiger partial charge is 0.481 e. The molecule has 2 heterocycles. The Morgan fingerprint density at radius 1 is 1.30 bits per heavy atom. The van der Waals surface area contributed by atoms with E-state index in [0.717, 1.165) is 51.6 Å². The lowest BCUT2D eigenvalue weighted by Crippen LogP contribution is -2.28. The summed E-state index contributed by atoms with van der Waals surface area (Å²) in [6.45, 7) is 0.829. The van der Waals surface area contributed by atoms with Crippen LogP contribution in [0.1, 0.15) is 57.8 Å². The maximum atomic E-state index is 10.6. The number of carboxylic acids is 1. The number of fused-ring (bicyclic) bond motifs is 1. The Kier molecular flexibility index (Phi) is 6.57. The van der Waals surface area contributed by atoms with Crippen molar-refractivity contribution in [3.8, 4) is 0 Å². The van der Waals surface area contributed by atoms with Gasteiger partial charge in [-0.1, -0.05) is 22.6 Å². The molecular weight excluding hydrogens is 411 g/mol. The van der Waals surface area contributed by atoms with Gasteiger partial charge in [-0.2, -0.15) is 0 Å².